The molecule has 0 radical (unpaired) electrons. The molecule has 0 bridgehead atoms. The molecule has 25 heavy (non-hydrogen) atoms. The Bertz CT molecular complexity index is 637. The van der Waals surface area contributed by atoms with Crippen LogP contribution < -0.4 is 15.8 Å². The number of amides is 1. The topological polar surface area (TPSA) is 110 Å². The highest BCUT2D eigenvalue weighted by molar-refractivity contribution is 5.67. The third kappa shape index (κ3) is 4.99. The molecule has 1 aliphatic heterocycles. The van der Waals surface area contributed by atoms with E-state index in [4.69, 9.17) is 4.74 Å². The van der Waals surface area contributed by atoms with Gasteiger partial charge in [-0.3, -0.25) is 20.5 Å². The van der Waals surface area contributed by atoms with Crippen LogP contribution in [0.2, 0.25) is 0 Å². The number of carbonyl (C=O) groups excluding carboxylic acids is 1. The van der Waals surface area contributed by atoms with Gasteiger partial charge in [0, 0.05) is 12.7 Å². The van der Waals surface area contributed by atoms with Gasteiger partial charge in [0.15, 0.2) is 6.30 Å². The number of piperidine rings is 1. The Hall–Kier alpha value is -2.49. The molecule has 2 atom stereocenters. The van der Waals surface area contributed by atoms with Gasteiger partial charge in [-0.15, -0.1) is 0 Å². The maximum atomic E-state index is 14.9. The van der Waals surface area contributed by atoms with Crippen LogP contribution in [-0.4, -0.2) is 40.5 Å². The first-order chi connectivity index (χ1) is 11.7. The fraction of sp³-hybridized carbons (Fsp3) is 0.600. The monoisotopic (exact) mass is 355 g/mol. The van der Waals surface area contributed by atoms with Gasteiger partial charge in [-0.25, -0.2) is 14.6 Å². The lowest BCUT2D eigenvalue weighted by atomic mass is 10.0. The molecule has 1 fully saturated rings. The number of aromatic nitrogens is 1. The third-order valence-corrected chi connectivity index (χ3v) is 3.59. The van der Waals surface area contributed by atoms with Gasteiger partial charge in [-0.1, -0.05) is 0 Å². The largest absolute Gasteiger partial charge is 0.443 e. The van der Waals surface area contributed by atoms with Crippen LogP contribution in [0.3, 0.4) is 0 Å². The van der Waals surface area contributed by atoms with E-state index in [9.17, 15) is 19.3 Å². The molecule has 0 aliphatic carbocycles. The minimum absolute atomic E-state index is 0.163. The summed E-state index contributed by atoms with van der Waals surface area (Å²) >= 11 is 0. The molecule has 0 aromatic carbocycles. The average Bonchev–Trinajstić information content (AvgIpc) is 2.52. The second kappa shape index (κ2) is 7.60. The number of pyridine rings is 1. The molecule has 10 heteroatoms. The normalized spacial score (nSPS) is 20.9. The summed E-state index contributed by atoms with van der Waals surface area (Å²) in [4.78, 5) is 27.2. The van der Waals surface area contributed by atoms with Crippen LogP contribution in [0.4, 0.5) is 20.6 Å². The summed E-state index contributed by atoms with van der Waals surface area (Å²) in [5.74, 6) is 0. The van der Waals surface area contributed by atoms with Crippen LogP contribution in [0.5, 0.6) is 0 Å². The number of anilines is 1. The van der Waals surface area contributed by atoms with Crippen LogP contribution in [0, 0.1) is 10.1 Å². The maximum Gasteiger partial charge on any atom is 0.422 e. The zero-order chi connectivity index (χ0) is 18.6. The summed E-state index contributed by atoms with van der Waals surface area (Å²) < 4.78 is 19.9. The van der Waals surface area contributed by atoms with Crippen molar-refractivity contribution in [2.45, 2.75) is 51.6 Å². The molecule has 9 nitrogen and oxygen atoms in total. The summed E-state index contributed by atoms with van der Waals surface area (Å²) in [6.07, 6.45) is 1.28. The predicted molar refractivity (Wildman–Crippen MR) is 88.7 cm³/mol. The first-order valence-electron chi connectivity index (χ1n) is 7.92. The summed E-state index contributed by atoms with van der Waals surface area (Å²) in [6, 6.07) is 0.683. The van der Waals surface area contributed by atoms with Crippen molar-refractivity contribution in [2.75, 3.05) is 11.4 Å². The molecule has 2 N–H and O–H groups in total. The zero-order valence-corrected chi connectivity index (χ0v) is 14.4. The van der Waals surface area contributed by atoms with E-state index < -0.39 is 29.0 Å². The summed E-state index contributed by atoms with van der Waals surface area (Å²) in [5.41, 5.74) is 4.18. The Morgan fingerprint density at radius 2 is 2.24 bits per heavy atom. The Morgan fingerprint density at radius 1 is 1.52 bits per heavy atom. The number of hydrogen-bond acceptors (Lipinski definition) is 7. The molecule has 2 unspecified atom stereocenters. The van der Waals surface area contributed by atoms with Gasteiger partial charge in [0.2, 0.25) is 0 Å². The van der Waals surface area contributed by atoms with Crippen molar-refractivity contribution in [3.63, 3.8) is 0 Å². The van der Waals surface area contributed by atoms with E-state index in [2.05, 4.69) is 15.8 Å². The molecule has 1 amide bonds. The molecule has 1 aliphatic rings. The van der Waals surface area contributed by atoms with Crippen LogP contribution in [-0.2, 0) is 4.74 Å². The van der Waals surface area contributed by atoms with E-state index >= 15 is 0 Å². The van der Waals surface area contributed by atoms with E-state index in [1.165, 1.54) is 17.2 Å². The maximum absolute atomic E-state index is 14.9. The lowest BCUT2D eigenvalue weighted by molar-refractivity contribution is -0.384. The zero-order valence-electron chi connectivity index (χ0n) is 14.4. The highest BCUT2D eigenvalue weighted by Gasteiger charge is 2.35. The second-order valence-corrected chi connectivity index (χ2v) is 6.71. The van der Waals surface area contributed by atoms with Crippen molar-refractivity contribution in [3.8, 4) is 0 Å². The Kier molecular flexibility index (Phi) is 5.73. The van der Waals surface area contributed by atoms with E-state index in [1.807, 2.05) is 0 Å². The van der Waals surface area contributed by atoms with E-state index in [0.29, 0.717) is 19.4 Å². The molecule has 1 aromatic rings. The van der Waals surface area contributed by atoms with Crippen molar-refractivity contribution >= 4 is 17.5 Å². The van der Waals surface area contributed by atoms with E-state index in [1.54, 1.807) is 20.8 Å². The smallest absolute Gasteiger partial charge is 0.422 e. The SMILES string of the molecule is CC(C)(C)OC(=O)NNC1CCCN(c2ccncc2[N+](=O)[O-])C1F. The second-order valence-electron chi connectivity index (χ2n) is 6.71. The number of nitro groups is 1. The molecular formula is C15H22FN5O4. The van der Waals surface area contributed by atoms with Crippen LogP contribution >= 0.6 is 0 Å². The number of nitrogens with zero attached hydrogens (tertiary/aromatic N) is 3. The van der Waals surface area contributed by atoms with Gasteiger partial charge in [0.1, 0.15) is 17.5 Å². The lowest BCUT2D eigenvalue weighted by Crippen LogP contribution is -2.57. The van der Waals surface area contributed by atoms with Crippen molar-refractivity contribution < 1.29 is 18.8 Å². The number of hydrazine groups is 1. The molecule has 1 aromatic heterocycles. The van der Waals surface area contributed by atoms with Gasteiger partial charge < -0.3 is 9.64 Å². The quantitative estimate of drug-likeness (QED) is 0.484. The average molecular weight is 355 g/mol. The lowest BCUT2D eigenvalue weighted by Gasteiger charge is -2.37. The van der Waals surface area contributed by atoms with E-state index in [-0.39, 0.29) is 11.4 Å². The Morgan fingerprint density at radius 3 is 2.88 bits per heavy atom. The van der Waals surface area contributed by atoms with Crippen molar-refractivity contribution in [1.82, 2.24) is 15.8 Å². The van der Waals surface area contributed by atoms with Crippen molar-refractivity contribution in [3.05, 3.63) is 28.6 Å². The summed E-state index contributed by atoms with van der Waals surface area (Å²) in [7, 11) is 0. The molecule has 0 spiro atoms. The molecular weight excluding hydrogens is 333 g/mol. The molecule has 2 heterocycles. The number of alkyl halides is 1. The summed E-state index contributed by atoms with van der Waals surface area (Å²) in [6.45, 7) is 5.48. The molecule has 138 valence electrons. The Labute approximate surface area is 144 Å². The number of rotatable bonds is 4. The van der Waals surface area contributed by atoms with Crippen LogP contribution in [0.25, 0.3) is 0 Å². The van der Waals surface area contributed by atoms with Gasteiger partial charge in [0.05, 0.1) is 11.0 Å². The first kappa shape index (κ1) is 18.8. The number of carbonyl (C=O) groups is 1. The van der Waals surface area contributed by atoms with Crippen molar-refractivity contribution in [2.24, 2.45) is 0 Å². The number of ether oxygens (including phenoxy) is 1. The number of hydrogen-bond donors (Lipinski definition) is 2. The summed E-state index contributed by atoms with van der Waals surface area (Å²) in [5, 5.41) is 11.1. The standard InChI is InChI=1S/C15H22FN5O4/c1-15(2,3)25-14(22)19-18-10-5-4-8-20(13(10)16)11-6-7-17-9-12(11)21(23)24/h6-7,9-10,13,18H,4-5,8H2,1-3H3,(H,19,22). The molecule has 2 rings (SSSR count). The van der Waals surface area contributed by atoms with Gasteiger partial charge in [-0.05, 0) is 39.7 Å². The van der Waals surface area contributed by atoms with Crippen LogP contribution in [0.15, 0.2) is 18.5 Å². The van der Waals surface area contributed by atoms with Crippen LogP contribution in [0.1, 0.15) is 33.6 Å². The van der Waals surface area contributed by atoms with E-state index in [0.717, 1.165) is 6.20 Å². The van der Waals surface area contributed by atoms with Gasteiger partial charge in [0.25, 0.3) is 0 Å². The number of nitrogens with one attached hydrogen (secondary N) is 2. The highest BCUT2D eigenvalue weighted by atomic mass is 19.1. The third-order valence-electron chi connectivity index (χ3n) is 3.59. The van der Waals surface area contributed by atoms with Crippen molar-refractivity contribution in [1.29, 1.82) is 0 Å². The molecule has 1 saturated heterocycles. The fourth-order valence-electron chi connectivity index (χ4n) is 2.57. The van der Waals surface area contributed by atoms with Gasteiger partial charge >= 0.3 is 11.8 Å². The fourth-order valence-corrected chi connectivity index (χ4v) is 2.57. The minimum Gasteiger partial charge on any atom is -0.443 e. The predicted octanol–water partition coefficient (Wildman–Crippen LogP) is 2.28. The van der Waals surface area contributed by atoms with Gasteiger partial charge in [-0.2, -0.15) is 0 Å². The number of halogens is 1. The highest BCUT2D eigenvalue weighted by Crippen LogP contribution is 2.32. The Balaban J connectivity index is 2.05. The minimum atomic E-state index is -1.55. The first-order valence-corrected chi connectivity index (χ1v) is 7.92. The molecule has 0 saturated carbocycles.